The average molecular weight is 423 g/mol. The van der Waals surface area contributed by atoms with E-state index in [9.17, 15) is 9.90 Å². The first-order chi connectivity index (χ1) is 14.6. The molecule has 6 nitrogen and oxygen atoms in total. The van der Waals surface area contributed by atoms with Crippen LogP contribution >= 0.6 is 11.3 Å². The fourth-order valence-corrected chi connectivity index (χ4v) is 5.92. The Morgan fingerprint density at radius 3 is 2.80 bits per heavy atom. The lowest BCUT2D eigenvalue weighted by Crippen LogP contribution is -2.55. The summed E-state index contributed by atoms with van der Waals surface area (Å²) in [5, 5.41) is 11.7. The number of nitrogens with zero attached hydrogens (tertiary/aromatic N) is 4. The van der Waals surface area contributed by atoms with Crippen LogP contribution in [0.5, 0.6) is 0 Å². The number of hydrogen-bond donors (Lipinski definition) is 1. The van der Waals surface area contributed by atoms with Crippen LogP contribution in [0.25, 0.3) is 10.2 Å². The Morgan fingerprint density at radius 2 is 2.03 bits per heavy atom. The molecule has 2 saturated heterocycles. The molecule has 2 aliphatic rings. The molecule has 2 fully saturated rings. The molecule has 156 valence electrons. The average Bonchev–Trinajstić information content (AvgIpc) is 3.17. The largest absolute Gasteiger partial charge is 0.391 e. The van der Waals surface area contributed by atoms with Crippen molar-refractivity contribution < 1.29 is 9.90 Å². The second-order valence-electron chi connectivity index (χ2n) is 8.64. The van der Waals surface area contributed by atoms with Crippen LogP contribution in [0, 0.1) is 5.41 Å². The van der Waals surface area contributed by atoms with Gasteiger partial charge in [0.2, 0.25) is 0 Å². The highest BCUT2D eigenvalue weighted by molar-refractivity contribution is 7.18. The van der Waals surface area contributed by atoms with Gasteiger partial charge in [0.15, 0.2) is 0 Å². The molecule has 2 aromatic heterocycles. The van der Waals surface area contributed by atoms with Gasteiger partial charge < -0.3 is 10.0 Å². The number of aromatic nitrogens is 2. The van der Waals surface area contributed by atoms with E-state index < -0.39 is 6.10 Å². The third-order valence-electron chi connectivity index (χ3n) is 6.44. The van der Waals surface area contributed by atoms with E-state index in [-0.39, 0.29) is 11.3 Å². The molecule has 1 aromatic carbocycles. The molecule has 2 aliphatic heterocycles. The number of hydrogen-bond acceptors (Lipinski definition) is 6. The van der Waals surface area contributed by atoms with Gasteiger partial charge >= 0.3 is 0 Å². The predicted molar refractivity (Wildman–Crippen MR) is 117 cm³/mol. The Morgan fingerprint density at radius 1 is 1.20 bits per heavy atom. The zero-order valence-electron chi connectivity index (χ0n) is 16.9. The van der Waals surface area contributed by atoms with E-state index in [0.29, 0.717) is 18.7 Å². The number of thiazole rings is 1. The van der Waals surface area contributed by atoms with E-state index in [1.54, 1.807) is 35.9 Å². The Hall–Kier alpha value is -2.35. The van der Waals surface area contributed by atoms with Crippen LogP contribution in [0.1, 0.15) is 34.6 Å². The second-order valence-corrected chi connectivity index (χ2v) is 9.75. The minimum absolute atomic E-state index is 0.000370. The molecule has 0 aliphatic carbocycles. The summed E-state index contributed by atoms with van der Waals surface area (Å²) >= 11 is 1.77. The summed E-state index contributed by atoms with van der Waals surface area (Å²) < 4.78 is 1.24. The molecular formula is C23H26N4O2S. The standard InChI is InChI=1S/C23H26N4O2S/c28-18-12-23(16-27(14-18)22(29)17-4-3-9-24-13-17)7-10-26(11-8-23)15-21-25-19-5-1-2-6-20(19)30-21/h1-6,9,13,18,28H,7-8,10-12,14-16H2. The van der Waals surface area contributed by atoms with Crippen molar-refractivity contribution in [2.45, 2.75) is 31.9 Å². The number of pyridine rings is 1. The number of rotatable bonds is 3. The fraction of sp³-hybridized carbons (Fsp3) is 0.435. The molecule has 0 radical (unpaired) electrons. The molecule has 7 heteroatoms. The number of carbonyl (C=O) groups is 1. The lowest BCUT2D eigenvalue weighted by molar-refractivity contribution is -0.0337. The number of likely N-dealkylation sites (tertiary alicyclic amines) is 2. The molecule has 1 unspecified atom stereocenters. The van der Waals surface area contributed by atoms with Crippen molar-refractivity contribution in [3.63, 3.8) is 0 Å². The Bertz CT molecular complexity index is 997. The zero-order chi connectivity index (χ0) is 20.6. The summed E-state index contributed by atoms with van der Waals surface area (Å²) in [6.45, 7) is 3.93. The zero-order valence-corrected chi connectivity index (χ0v) is 17.7. The quantitative estimate of drug-likeness (QED) is 0.702. The Balaban J connectivity index is 1.24. The molecule has 1 atom stereocenters. The van der Waals surface area contributed by atoms with Gasteiger partial charge in [-0.1, -0.05) is 12.1 Å². The molecular weight excluding hydrogens is 396 g/mol. The maximum atomic E-state index is 12.9. The maximum Gasteiger partial charge on any atom is 0.255 e. The summed E-state index contributed by atoms with van der Waals surface area (Å²) in [4.78, 5) is 26.0. The minimum atomic E-state index is -0.463. The lowest BCUT2D eigenvalue weighted by Gasteiger charge is -2.49. The normalized spacial score (nSPS) is 21.9. The van der Waals surface area contributed by atoms with Crippen LogP contribution in [0.15, 0.2) is 48.8 Å². The lowest BCUT2D eigenvalue weighted by atomic mass is 9.71. The van der Waals surface area contributed by atoms with Crippen LogP contribution in [0.2, 0.25) is 0 Å². The molecule has 3 aromatic rings. The van der Waals surface area contributed by atoms with Gasteiger partial charge in [-0.25, -0.2) is 4.98 Å². The van der Waals surface area contributed by atoms with E-state index in [1.807, 2.05) is 11.0 Å². The van der Waals surface area contributed by atoms with Crippen LogP contribution in [0.4, 0.5) is 0 Å². The van der Waals surface area contributed by atoms with Crippen LogP contribution < -0.4 is 0 Å². The van der Waals surface area contributed by atoms with Gasteiger partial charge in [0.05, 0.1) is 28.4 Å². The van der Waals surface area contributed by atoms with Gasteiger partial charge in [0.1, 0.15) is 5.01 Å². The first-order valence-corrected chi connectivity index (χ1v) is 11.4. The van der Waals surface area contributed by atoms with Gasteiger partial charge in [-0.15, -0.1) is 11.3 Å². The van der Waals surface area contributed by atoms with E-state index in [1.165, 1.54) is 4.70 Å². The van der Waals surface area contributed by atoms with Crippen molar-refractivity contribution in [1.82, 2.24) is 19.8 Å². The van der Waals surface area contributed by atoms with E-state index in [4.69, 9.17) is 4.98 Å². The van der Waals surface area contributed by atoms with E-state index in [2.05, 4.69) is 28.1 Å². The van der Waals surface area contributed by atoms with Gasteiger partial charge in [-0.2, -0.15) is 0 Å². The molecule has 0 saturated carbocycles. The van der Waals surface area contributed by atoms with Gasteiger partial charge in [-0.3, -0.25) is 14.7 Å². The monoisotopic (exact) mass is 422 g/mol. The Kier molecular flexibility index (Phi) is 5.26. The number of para-hydroxylation sites is 1. The van der Waals surface area contributed by atoms with Crippen LogP contribution in [-0.2, 0) is 6.54 Å². The van der Waals surface area contributed by atoms with Crippen molar-refractivity contribution >= 4 is 27.5 Å². The van der Waals surface area contributed by atoms with E-state index in [0.717, 1.165) is 49.4 Å². The number of amides is 1. The van der Waals surface area contributed by atoms with E-state index >= 15 is 0 Å². The SMILES string of the molecule is O=C(c1cccnc1)N1CC(O)CC2(CCN(Cc3nc4ccccc4s3)CC2)C1. The number of piperidine rings is 2. The highest BCUT2D eigenvalue weighted by Crippen LogP contribution is 2.40. The predicted octanol–water partition coefficient (Wildman–Crippen LogP) is 3.18. The summed E-state index contributed by atoms with van der Waals surface area (Å²) in [7, 11) is 0. The summed E-state index contributed by atoms with van der Waals surface area (Å²) in [5.74, 6) is -0.0295. The Labute approximate surface area is 180 Å². The van der Waals surface area contributed by atoms with Crippen molar-refractivity contribution in [3.8, 4) is 0 Å². The molecule has 4 heterocycles. The van der Waals surface area contributed by atoms with Crippen molar-refractivity contribution in [1.29, 1.82) is 0 Å². The van der Waals surface area contributed by atoms with Crippen LogP contribution in [0.3, 0.4) is 0 Å². The number of carbonyl (C=O) groups excluding carboxylic acids is 1. The highest BCUT2D eigenvalue weighted by atomic mass is 32.1. The van der Waals surface area contributed by atoms with Gasteiger partial charge in [0, 0.05) is 25.5 Å². The third-order valence-corrected chi connectivity index (χ3v) is 7.46. The fourth-order valence-electron chi connectivity index (χ4n) is 4.91. The number of aliphatic hydroxyl groups is 1. The van der Waals surface area contributed by atoms with Gasteiger partial charge in [-0.05, 0) is 62.0 Å². The number of aliphatic hydroxyl groups excluding tert-OH is 1. The summed E-state index contributed by atoms with van der Waals surface area (Å²) in [5.41, 5.74) is 1.67. The molecule has 1 spiro atoms. The first kappa shape index (κ1) is 19.6. The molecule has 1 amide bonds. The molecule has 0 bridgehead atoms. The minimum Gasteiger partial charge on any atom is -0.391 e. The maximum absolute atomic E-state index is 12.9. The smallest absolute Gasteiger partial charge is 0.255 e. The summed E-state index contributed by atoms with van der Waals surface area (Å²) in [6.07, 6.45) is 5.58. The summed E-state index contributed by atoms with van der Waals surface area (Å²) in [6, 6.07) is 11.9. The number of benzene rings is 1. The van der Waals surface area contributed by atoms with Crippen molar-refractivity contribution in [2.75, 3.05) is 26.2 Å². The van der Waals surface area contributed by atoms with Crippen molar-refractivity contribution in [3.05, 3.63) is 59.4 Å². The van der Waals surface area contributed by atoms with Gasteiger partial charge in [0.25, 0.3) is 5.91 Å². The number of fused-ring (bicyclic) bond motifs is 1. The second kappa shape index (κ2) is 8.06. The van der Waals surface area contributed by atoms with Crippen LogP contribution in [-0.4, -0.2) is 63.1 Å². The van der Waals surface area contributed by atoms with Crippen molar-refractivity contribution in [2.24, 2.45) is 5.41 Å². The molecule has 5 rings (SSSR count). The first-order valence-electron chi connectivity index (χ1n) is 10.5. The molecule has 1 N–H and O–H groups in total. The molecule has 30 heavy (non-hydrogen) atoms. The highest BCUT2D eigenvalue weighted by Gasteiger charge is 2.43. The third kappa shape index (κ3) is 3.97. The number of β-amino-alcohol motifs (C(OH)–C–C–N with tert-alkyl or cyclic N) is 1. The topological polar surface area (TPSA) is 69.6 Å².